The molecule has 0 amide bonds. The van der Waals surface area contributed by atoms with Gasteiger partial charge in [0.05, 0.1) is 5.92 Å². The van der Waals surface area contributed by atoms with Gasteiger partial charge in [-0.15, -0.1) is 0 Å². The Balaban J connectivity index is 1.94. The molecule has 0 aliphatic heterocycles. The van der Waals surface area contributed by atoms with E-state index in [0.29, 0.717) is 11.7 Å². The third-order valence-corrected chi connectivity index (χ3v) is 4.60. The van der Waals surface area contributed by atoms with E-state index in [1.54, 1.807) is 0 Å². The molecule has 0 spiro atoms. The quantitative estimate of drug-likeness (QED) is 0.574. The summed E-state index contributed by atoms with van der Waals surface area (Å²) in [7, 11) is 0. The zero-order valence-electron chi connectivity index (χ0n) is 12.9. The summed E-state index contributed by atoms with van der Waals surface area (Å²) < 4.78 is 5.39. The van der Waals surface area contributed by atoms with Gasteiger partial charge in [0.25, 0.3) is 0 Å². The van der Waals surface area contributed by atoms with Gasteiger partial charge in [-0.05, 0) is 48.8 Å². The SMILES string of the molecule is CCC(C)C(=O)Oc1ccc(C2CCC(C)CC2)cc1. The topological polar surface area (TPSA) is 26.3 Å². The summed E-state index contributed by atoms with van der Waals surface area (Å²) >= 11 is 0. The van der Waals surface area contributed by atoms with E-state index in [1.165, 1.54) is 31.2 Å². The highest BCUT2D eigenvalue weighted by molar-refractivity contribution is 5.74. The van der Waals surface area contributed by atoms with E-state index in [2.05, 4.69) is 19.1 Å². The highest BCUT2D eigenvalue weighted by Gasteiger charge is 2.20. The van der Waals surface area contributed by atoms with Crippen LogP contribution in [-0.2, 0) is 4.79 Å². The molecule has 2 nitrogen and oxygen atoms in total. The molecule has 1 aliphatic carbocycles. The van der Waals surface area contributed by atoms with E-state index >= 15 is 0 Å². The van der Waals surface area contributed by atoms with E-state index < -0.39 is 0 Å². The van der Waals surface area contributed by atoms with E-state index in [4.69, 9.17) is 4.74 Å². The summed E-state index contributed by atoms with van der Waals surface area (Å²) in [5.74, 6) is 2.07. The maximum absolute atomic E-state index is 11.7. The largest absolute Gasteiger partial charge is 0.426 e. The van der Waals surface area contributed by atoms with Crippen molar-refractivity contribution >= 4 is 5.97 Å². The van der Waals surface area contributed by atoms with Gasteiger partial charge in [0, 0.05) is 0 Å². The van der Waals surface area contributed by atoms with Gasteiger partial charge in [-0.3, -0.25) is 4.79 Å². The van der Waals surface area contributed by atoms with Gasteiger partial charge in [0.2, 0.25) is 0 Å². The second-order valence-electron chi connectivity index (χ2n) is 6.26. The third kappa shape index (κ3) is 3.84. The number of esters is 1. The Hall–Kier alpha value is -1.31. The number of ether oxygens (including phenoxy) is 1. The number of hydrogen-bond donors (Lipinski definition) is 0. The van der Waals surface area contributed by atoms with Crippen LogP contribution in [-0.4, -0.2) is 5.97 Å². The molecular formula is C18H26O2. The first-order valence-corrected chi connectivity index (χ1v) is 7.91. The molecule has 0 aromatic heterocycles. The fraction of sp³-hybridized carbons (Fsp3) is 0.611. The van der Waals surface area contributed by atoms with Crippen molar-refractivity contribution in [3.8, 4) is 5.75 Å². The van der Waals surface area contributed by atoms with E-state index in [1.807, 2.05) is 26.0 Å². The molecule has 20 heavy (non-hydrogen) atoms. The van der Waals surface area contributed by atoms with E-state index in [0.717, 1.165) is 12.3 Å². The molecule has 0 saturated heterocycles. The molecule has 1 aromatic rings. The minimum atomic E-state index is -0.133. The van der Waals surface area contributed by atoms with Crippen LogP contribution >= 0.6 is 0 Å². The Morgan fingerprint density at radius 2 is 1.80 bits per heavy atom. The maximum Gasteiger partial charge on any atom is 0.314 e. The van der Waals surface area contributed by atoms with Crippen molar-refractivity contribution in [3.05, 3.63) is 29.8 Å². The van der Waals surface area contributed by atoms with Gasteiger partial charge >= 0.3 is 5.97 Å². The lowest BCUT2D eigenvalue weighted by Gasteiger charge is -2.26. The second kappa shape index (κ2) is 6.92. The van der Waals surface area contributed by atoms with Gasteiger partial charge in [-0.1, -0.05) is 45.7 Å². The molecule has 1 fully saturated rings. The molecule has 1 aromatic carbocycles. The van der Waals surface area contributed by atoms with Crippen LogP contribution in [0.15, 0.2) is 24.3 Å². The molecule has 2 heteroatoms. The van der Waals surface area contributed by atoms with Crippen molar-refractivity contribution < 1.29 is 9.53 Å². The van der Waals surface area contributed by atoms with Crippen LogP contribution in [0, 0.1) is 11.8 Å². The number of hydrogen-bond acceptors (Lipinski definition) is 2. The minimum Gasteiger partial charge on any atom is -0.426 e. The molecule has 110 valence electrons. The van der Waals surface area contributed by atoms with Crippen LogP contribution in [0.3, 0.4) is 0 Å². The van der Waals surface area contributed by atoms with Crippen LogP contribution in [0.2, 0.25) is 0 Å². The van der Waals surface area contributed by atoms with Crippen molar-refractivity contribution in [1.82, 2.24) is 0 Å². The molecule has 0 bridgehead atoms. The zero-order chi connectivity index (χ0) is 14.5. The van der Waals surface area contributed by atoms with Crippen molar-refractivity contribution in [3.63, 3.8) is 0 Å². The fourth-order valence-electron chi connectivity index (χ4n) is 2.78. The molecule has 0 N–H and O–H groups in total. The van der Waals surface area contributed by atoms with Crippen LogP contribution in [0.5, 0.6) is 5.75 Å². The first-order valence-electron chi connectivity index (χ1n) is 7.91. The number of carbonyl (C=O) groups is 1. The molecule has 1 atom stereocenters. The van der Waals surface area contributed by atoms with Crippen molar-refractivity contribution in [2.75, 3.05) is 0 Å². The normalized spacial score (nSPS) is 24.1. The first-order chi connectivity index (χ1) is 9.60. The van der Waals surface area contributed by atoms with Gasteiger partial charge in [0.1, 0.15) is 5.75 Å². The second-order valence-corrected chi connectivity index (χ2v) is 6.26. The summed E-state index contributed by atoms with van der Waals surface area (Å²) in [5, 5.41) is 0. The molecule has 1 unspecified atom stereocenters. The van der Waals surface area contributed by atoms with Gasteiger partial charge < -0.3 is 4.74 Å². The lowest BCUT2D eigenvalue weighted by Crippen LogP contribution is -2.17. The van der Waals surface area contributed by atoms with Gasteiger partial charge in [-0.2, -0.15) is 0 Å². The number of carbonyl (C=O) groups excluding carboxylic acids is 1. The van der Waals surface area contributed by atoms with E-state index in [-0.39, 0.29) is 11.9 Å². The molecule has 1 saturated carbocycles. The molecule has 0 radical (unpaired) electrons. The summed E-state index contributed by atoms with van der Waals surface area (Å²) in [6.07, 6.45) is 6.04. The molecule has 0 heterocycles. The maximum atomic E-state index is 11.7. The lowest BCUT2D eigenvalue weighted by molar-refractivity contribution is -0.138. The van der Waals surface area contributed by atoms with Gasteiger partial charge in [0.15, 0.2) is 0 Å². The van der Waals surface area contributed by atoms with Crippen LogP contribution in [0.1, 0.15) is 64.4 Å². The standard InChI is InChI=1S/C18H26O2/c1-4-14(3)18(19)20-17-11-9-16(10-12-17)15-7-5-13(2)6-8-15/h9-15H,4-8H2,1-3H3. The van der Waals surface area contributed by atoms with Gasteiger partial charge in [-0.25, -0.2) is 0 Å². The number of rotatable bonds is 4. The lowest BCUT2D eigenvalue weighted by atomic mass is 9.79. The monoisotopic (exact) mass is 274 g/mol. The average Bonchev–Trinajstić information content (AvgIpc) is 2.48. The predicted molar refractivity (Wildman–Crippen MR) is 81.9 cm³/mol. The summed E-state index contributed by atoms with van der Waals surface area (Å²) in [6, 6.07) is 8.13. The van der Waals surface area contributed by atoms with Crippen molar-refractivity contribution in [1.29, 1.82) is 0 Å². The first kappa shape index (κ1) is 15.1. The fourth-order valence-corrected chi connectivity index (χ4v) is 2.78. The summed E-state index contributed by atoms with van der Waals surface area (Å²) in [6.45, 7) is 6.24. The molecular weight excluding hydrogens is 248 g/mol. The third-order valence-electron chi connectivity index (χ3n) is 4.60. The average molecular weight is 274 g/mol. The Morgan fingerprint density at radius 3 is 2.35 bits per heavy atom. The Bertz CT molecular complexity index is 427. The van der Waals surface area contributed by atoms with Crippen molar-refractivity contribution in [2.45, 2.75) is 58.8 Å². The summed E-state index contributed by atoms with van der Waals surface area (Å²) in [4.78, 5) is 11.7. The Kier molecular flexibility index (Phi) is 5.22. The highest BCUT2D eigenvalue weighted by Crippen LogP contribution is 2.35. The highest BCUT2D eigenvalue weighted by atomic mass is 16.5. The molecule has 1 aliphatic rings. The Labute approximate surface area is 122 Å². The molecule has 2 rings (SSSR count). The number of benzene rings is 1. The zero-order valence-corrected chi connectivity index (χ0v) is 12.9. The predicted octanol–water partition coefficient (Wildman–Crippen LogP) is 4.93. The minimum absolute atomic E-state index is 0.0329. The smallest absolute Gasteiger partial charge is 0.314 e. The Morgan fingerprint density at radius 1 is 1.20 bits per heavy atom. The van der Waals surface area contributed by atoms with Crippen LogP contribution in [0.4, 0.5) is 0 Å². The summed E-state index contributed by atoms with van der Waals surface area (Å²) in [5.41, 5.74) is 1.39. The van der Waals surface area contributed by atoms with E-state index in [9.17, 15) is 4.79 Å². The van der Waals surface area contributed by atoms with Crippen LogP contribution < -0.4 is 4.74 Å². The van der Waals surface area contributed by atoms with Crippen LogP contribution in [0.25, 0.3) is 0 Å². The van der Waals surface area contributed by atoms with Crippen molar-refractivity contribution in [2.24, 2.45) is 11.8 Å².